The Bertz CT molecular complexity index is 736. The molecule has 0 radical (unpaired) electrons. The lowest BCUT2D eigenvalue weighted by Gasteiger charge is -2.07. The number of nitrogens with zero attached hydrogens (tertiary/aromatic N) is 4. The molecule has 0 saturated carbocycles. The van der Waals surface area contributed by atoms with Crippen molar-refractivity contribution in [3.05, 3.63) is 58.5 Å². The zero-order chi connectivity index (χ0) is 15.1. The topological polar surface area (TPSA) is 89.6 Å². The highest BCUT2D eigenvalue weighted by Gasteiger charge is 2.13. The normalized spacial score (nSPS) is 11.4. The fourth-order valence-corrected chi connectivity index (χ4v) is 2.24. The molecule has 2 aromatic carbocycles. The molecule has 5 nitrogen and oxygen atoms in total. The molecule has 0 aliphatic heterocycles. The van der Waals surface area contributed by atoms with Crippen LogP contribution in [0.15, 0.2) is 47.6 Å². The Balaban J connectivity index is 2.12. The van der Waals surface area contributed by atoms with Gasteiger partial charge in [0.2, 0.25) is 0 Å². The second-order valence-corrected chi connectivity index (χ2v) is 4.73. The smallest absolute Gasteiger partial charge is 0.163 e. The van der Waals surface area contributed by atoms with Crippen molar-refractivity contribution in [2.45, 2.75) is 12.8 Å². The molecule has 0 spiro atoms. The van der Waals surface area contributed by atoms with Gasteiger partial charge in [0, 0.05) is 23.4 Å². The van der Waals surface area contributed by atoms with Gasteiger partial charge in [0.25, 0.3) is 0 Å². The van der Waals surface area contributed by atoms with Crippen LogP contribution in [-0.2, 0) is 0 Å². The van der Waals surface area contributed by atoms with Gasteiger partial charge in [0.1, 0.15) is 0 Å². The maximum atomic E-state index is 12.3. The zero-order valence-electron chi connectivity index (χ0n) is 11.4. The van der Waals surface area contributed by atoms with Crippen molar-refractivity contribution >= 4 is 16.6 Å². The van der Waals surface area contributed by atoms with Crippen LogP contribution in [0.3, 0.4) is 0 Å². The molecule has 0 bridgehead atoms. The number of azide groups is 1. The van der Waals surface area contributed by atoms with Gasteiger partial charge in [-0.2, -0.15) is 5.26 Å². The summed E-state index contributed by atoms with van der Waals surface area (Å²) in [5.41, 5.74) is 8.94. The zero-order valence-corrected chi connectivity index (χ0v) is 11.4. The molecular formula is C16H14N4O. The Morgan fingerprint density at radius 1 is 1.29 bits per heavy atom. The van der Waals surface area contributed by atoms with E-state index in [1.54, 1.807) is 6.07 Å². The second kappa shape index (κ2) is 7.09. The Hall–Kier alpha value is -2.83. The summed E-state index contributed by atoms with van der Waals surface area (Å²) in [5, 5.41) is 14.3. The molecule has 0 heterocycles. The van der Waals surface area contributed by atoms with Gasteiger partial charge < -0.3 is 0 Å². The molecule has 0 aliphatic rings. The molecule has 5 heteroatoms. The number of hydrogen-bond donors (Lipinski definition) is 0. The fourth-order valence-electron chi connectivity index (χ4n) is 2.24. The lowest BCUT2D eigenvalue weighted by Crippen LogP contribution is -2.07. The quantitative estimate of drug-likeness (QED) is 0.342. The minimum absolute atomic E-state index is 0.00740. The number of hydrogen-bond acceptors (Lipinski definition) is 3. The van der Waals surface area contributed by atoms with Crippen molar-refractivity contribution in [3.8, 4) is 6.07 Å². The van der Waals surface area contributed by atoms with E-state index in [1.807, 2.05) is 36.4 Å². The first kappa shape index (κ1) is 14.6. The number of ketones is 1. The van der Waals surface area contributed by atoms with Crippen molar-refractivity contribution < 1.29 is 4.79 Å². The Morgan fingerprint density at radius 3 is 2.81 bits per heavy atom. The van der Waals surface area contributed by atoms with Crippen LogP contribution < -0.4 is 0 Å². The van der Waals surface area contributed by atoms with Gasteiger partial charge in [-0.1, -0.05) is 47.6 Å². The number of Topliss-reactive ketones (excluding diaryl/α,β-unsaturated/α-hetero) is 1. The van der Waals surface area contributed by atoms with E-state index in [9.17, 15) is 4.79 Å². The van der Waals surface area contributed by atoms with Crippen molar-refractivity contribution in [1.82, 2.24) is 0 Å². The molecule has 0 aromatic heterocycles. The molecule has 2 rings (SSSR count). The molecule has 0 aliphatic carbocycles. The van der Waals surface area contributed by atoms with E-state index in [4.69, 9.17) is 10.8 Å². The summed E-state index contributed by atoms with van der Waals surface area (Å²) >= 11 is 0. The first-order valence-corrected chi connectivity index (χ1v) is 6.67. The predicted octanol–water partition coefficient (Wildman–Crippen LogP) is 4.25. The van der Waals surface area contributed by atoms with Crippen molar-refractivity contribution in [1.29, 1.82) is 5.26 Å². The Labute approximate surface area is 122 Å². The summed E-state index contributed by atoms with van der Waals surface area (Å²) in [7, 11) is 0. The second-order valence-electron chi connectivity index (χ2n) is 4.73. The van der Waals surface area contributed by atoms with Crippen LogP contribution in [0.25, 0.3) is 21.2 Å². The number of fused-ring (bicyclic) bond motifs is 1. The highest BCUT2D eigenvalue weighted by molar-refractivity contribution is 6.08. The predicted molar refractivity (Wildman–Crippen MR) is 80.6 cm³/mol. The van der Waals surface area contributed by atoms with Crippen molar-refractivity contribution in [2.24, 2.45) is 11.0 Å². The van der Waals surface area contributed by atoms with Gasteiger partial charge in [-0.3, -0.25) is 4.79 Å². The average Bonchev–Trinajstić information content (AvgIpc) is 2.54. The van der Waals surface area contributed by atoms with Crippen LogP contribution >= 0.6 is 0 Å². The molecule has 0 amide bonds. The molecule has 104 valence electrons. The fraction of sp³-hybridized carbons (Fsp3) is 0.250. The minimum Gasteiger partial charge on any atom is -0.294 e. The van der Waals surface area contributed by atoms with Crippen LogP contribution in [0.1, 0.15) is 23.2 Å². The van der Waals surface area contributed by atoms with Gasteiger partial charge in [-0.05, 0) is 22.7 Å². The molecule has 0 fully saturated rings. The monoisotopic (exact) mass is 278 g/mol. The summed E-state index contributed by atoms with van der Waals surface area (Å²) < 4.78 is 0. The van der Waals surface area contributed by atoms with E-state index in [0.29, 0.717) is 12.0 Å². The van der Waals surface area contributed by atoms with Crippen LogP contribution in [-0.4, -0.2) is 12.3 Å². The van der Waals surface area contributed by atoms with Crippen molar-refractivity contribution in [2.75, 3.05) is 6.54 Å². The summed E-state index contributed by atoms with van der Waals surface area (Å²) in [5.74, 6) is -0.409. The molecule has 0 N–H and O–H groups in total. The van der Waals surface area contributed by atoms with E-state index < -0.39 is 5.92 Å². The average molecular weight is 278 g/mol. The van der Waals surface area contributed by atoms with Crippen LogP contribution in [0.4, 0.5) is 0 Å². The van der Waals surface area contributed by atoms with Crippen LogP contribution in [0, 0.1) is 17.2 Å². The Kier molecular flexibility index (Phi) is 4.92. The first-order chi connectivity index (χ1) is 10.3. The number of carbonyl (C=O) groups is 1. The first-order valence-electron chi connectivity index (χ1n) is 6.67. The molecular weight excluding hydrogens is 264 g/mol. The number of carbonyl (C=O) groups excluding carboxylic acids is 1. The van der Waals surface area contributed by atoms with Crippen LogP contribution in [0.5, 0.6) is 0 Å². The van der Waals surface area contributed by atoms with E-state index in [1.165, 1.54) is 0 Å². The molecule has 1 atom stereocenters. The maximum Gasteiger partial charge on any atom is 0.163 e. The number of rotatable bonds is 6. The van der Waals surface area contributed by atoms with Gasteiger partial charge in [-0.15, -0.1) is 0 Å². The summed E-state index contributed by atoms with van der Waals surface area (Å²) in [6.07, 6.45) is 0.671. The summed E-state index contributed by atoms with van der Waals surface area (Å²) in [6.45, 7) is 0.107. The lowest BCUT2D eigenvalue weighted by molar-refractivity contribution is 0.0978. The van der Waals surface area contributed by atoms with E-state index in [2.05, 4.69) is 16.1 Å². The van der Waals surface area contributed by atoms with Crippen LogP contribution in [0.2, 0.25) is 0 Å². The SMILES string of the molecule is N#CC(CCC(=O)c1cccc2ccccc12)CN=[N+]=[N-]. The third kappa shape index (κ3) is 3.59. The van der Waals surface area contributed by atoms with Gasteiger partial charge in [0.05, 0.1) is 12.0 Å². The highest BCUT2D eigenvalue weighted by Crippen LogP contribution is 2.21. The van der Waals surface area contributed by atoms with Crippen molar-refractivity contribution in [3.63, 3.8) is 0 Å². The van der Waals surface area contributed by atoms with E-state index >= 15 is 0 Å². The minimum atomic E-state index is -0.417. The molecule has 0 saturated heterocycles. The molecule has 21 heavy (non-hydrogen) atoms. The number of nitriles is 1. The van der Waals surface area contributed by atoms with E-state index in [-0.39, 0.29) is 18.7 Å². The molecule has 1 unspecified atom stereocenters. The lowest BCUT2D eigenvalue weighted by atomic mass is 9.96. The van der Waals surface area contributed by atoms with Gasteiger partial charge in [-0.25, -0.2) is 0 Å². The van der Waals surface area contributed by atoms with Gasteiger partial charge in [0.15, 0.2) is 5.78 Å². The molecule has 2 aromatic rings. The summed E-state index contributed by atoms with van der Waals surface area (Å²) in [6, 6.07) is 15.4. The maximum absolute atomic E-state index is 12.3. The third-order valence-corrected chi connectivity index (χ3v) is 3.36. The van der Waals surface area contributed by atoms with Gasteiger partial charge >= 0.3 is 0 Å². The number of benzene rings is 2. The Morgan fingerprint density at radius 2 is 2.05 bits per heavy atom. The third-order valence-electron chi connectivity index (χ3n) is 3.36. The standard InChI is InChI=1S/C16H14N4O/c17-10-12(11-19-20-18)8-9-16(21)15-7-3-5-13-4-1-2-6-14(13)15/h1-7,12H,8-9,11H2. The largest absolute Gasteiger partial charge is 0.294 e. The highest BCUT2D eigenvalue weighted by atomic mass is 16.1. The summed E-state index contributed by atoms with van der Waals surface area (Å²) in [4.78, 5) is 15.0. The van der Waals surface area contributed by atoms with E-state index in [0.717, 1.165) is 10.8 Å².